The van der Waals surface area contributed by atoms with Gasteiger partial charge in [0, 0.05) is 19.3 Å². The van der Waals surface area contributed by atoms with Gasteiger partial charge in [0.1, 0.15) is 6.10 Å². The topological polar surface area (TPSA) is 88.6 Å². The maximum atomic E-state index is 13.0. The molecule has 1 aromatic carbocycles. The highest BCUT2D eigenvalue weighted by atomic mass is 32.2. The lowest BCUT2D eigenvalue weighted by atomic mass is 9.81. The van der Waals surface area contributed by atoms with Crippen LogP contribution in [0.25, 0.3) is 0 Å². The number of hydrogen-bond donors (Lipinski definition) is 1. The van der Waals surface area contributed by atoms with Crippen LogP contribution in [0.4, 0.5) is 5.69 Å². The van der Waals surface area contributed by atoms with Gasteiger partial charge < -0.3 is 10.1 Å². The number of hydrogen-bond acceptors (Lipinski definition) is 5. The van der Waals surface area contributed by atoms with E-state index in [4.69, 9.17) is 4.74 Å². The summed E-state index contributed by atoms with van der Waals surface area (Å²) in [7, 11) is -3.54. The smallest absolute Gasteiger partial charge is 0.253 e. The summed E-state index contributed by atoms with van der Waals surface area (Å²) in [4.78, 5) is 16.9. The zero-order chi connectivity index (χ0) is 21.4. The monoisotopic (exact) mass is 429 g/mol. The average Bonchev–Trinajstić information content (AvgIpc) is 3.16. The van der Waals surface area contributed by atoms with Gasteiger partial charge in [-0.15, -0.1) is 0 Å². The Balaban J connectivity index is 1.42. The molecule has 0 aliphatic carbocycles. The van der Waals surface area contributed by atoms with Crippen LogP contribution in [0.5, 0.6) is 0 Å². The fraction of sp³-hybridized carbons (Fsp3) is 0.455. The van der Waals surface area contributed by atoms with Gasteiger partial charge in [-0.05, 0) is 56.4 Å². The Bertz CT molecular complexity index is 1010. The van der Waals surface area contributed by atoms with Crippen LogP contribution in [0.2, 0.25) is 0 Å². The van der Waals surface area contributed by atoms with Crippen molar-refractivity contribution in [1.82, 2.24) is 9.29 Å². The van der Waals surface area contributed by atoms with Gasteiger partial charge in [0.15, 0.2) is 0 Å². The number of benzene rings is 1. The van der Waals surface area contributed by atoms with Gasteiger partial charge in [-0.2, -0.15) is 4.31 Å². The minimum Gasteiger partial charge on any atom is -0.362 e. The molecular formula is C22H27N3O4S. The lowest BCUT2D eigenvalue weighted by molar-refractivity contribution is -0.140. The van der Waals surface area contributed by atoms with Crippen molar-refractivity contribution in [2.24, 2.45) is 5.92 Å². The number of aromatic nitrogens is 1. The number of nitrogens with one attached hydrogen (secondary N) is 1. The SMILES string of the molecule is Cc1ccc(S(=O)(=O)N2CC[C@]3(CC[C@@H](C(=O)Nc4cccnc4)O3)[C@H](C)C2)cc1. The maximum absolute atomic E-state index is 13.0. The zero-order valence-corrected chi connectivity index (χ0v) is 18.1. The molecule has 2 aliphatic rings. The van der Waals surface area contributed by atoms with E-state index >= 15 is 0 Å². The molecule has 0 unspecified atom stereocenters. The van der Waals surface area contributed by atoms with E-state index in [-0.39, 0.29) is 11.8 Å². The number of pyridine rings is 1. The van der Waals surface area contributed by atoms with Crippen molar-refractivity contribution in [3.63, 3.8) is 0 Å². The highest BCUT2D eigenvalue weighted by Gasteiger charge is 2.50. The summed E-state index contributed by atoms with van der Waals surface area (Å²) in [6.07, 6.45) is 4.67. The molecule has 1 spiro atoms. The number of anilines is 1. The largest absolute Gasteiger partial charge is 0.362 e. The van der Waals surface area contributed by atoms with Crippen LogP contribution in [0.3, 0.4) is 0 Å². The lowest BCUT2D eigenvalue weighted by Gasteiger charge is -2.43. The van der Waals surface area contributed by atoms with E-state index in [1.54, 1.807) is 41.0 Å². The second-order valence-corrected chi connectivity index (χ2v) is 10.2. The molecule has 1 amide bonds. The first-order chi connectivity index (χ1) is 14.3. The van der Waals surface area contributed by atoms with Crippen LogP contribution in [-0.4, -0.2) is 48.4 Å². The van der Waals surface area contributed by atoms with Crippen LogP contribution in [0.1, 0.15) is 31.7 Å². The number of sulfonamides is 1. The number of amides is 1. The van der Waals surface area contributed by atoms with Crippen molar-refractivity contribution in [2.75, 3.05) is 18.4 Å². The summed E-state index contributed by atoms with van der Waals surface area (Å²) in [5.41, 5.74) is 1.20. The minimum atomic E-state index is -3.54. The van der Waals surface area contributed by atoms with Crippen molar-refractivity contribution < 1.29 is 17.9 Å². The van der Waals surface area contributed by atoms with Crippen LogP contribution >= 0.6 is 0 Å². The normalized spacial score (nSPS) is 27.3. The van der Waals surface area contributed by atoms with E-state index in [1.165, 1.54) is 0 Å². The van der Waals surface area contributed by atoms with Crippen LogP contribution < -0.4 is 5.32 Å². The van der Waals surface area contributed by atoms with Crippen LogP contribution in [0.15, 0.2) is 53.7 Å². The predicted octanol–water partition coefficient (Wildman–Crippen LogP) is 2.98. The van der Waals surface area contributed by atoms with E-state index < -0.39 is 21.7 Å². The van der Waals surface area contributed by atoms with Crippen molar-refractivity contribution >= 4 is 21.6 Å². The molecule has 1 N–H and O–H groups in total. The van der Waals surface area contributed by atoms with Gasteiger partial charge in [-0.25, -0.2) is 8.42 Å². The van der Waals surface area contributed by atoms with E-state index in [9.17, 15) is 13.2 Å². The fourth-order valence-corrected chi connectivity index (χ4v) is 5.90. The molecule has 2 aliphatic heterocycles. The first-order valence-electron chi connectivity index (χ1n) is 10.3. The number of nitrogens with zero attached hydrogens (tertiary/aromatic N) is 2. The molecule has 3 atom stereocenters. The molecule has 8 heteroatoms. The van der Waals surface area contributed by atoms with E-state index in [0.29, 0.717) is 36.5 Å². The Morgan fingerprint density at radius 3 is 2.67 bits per heavy atom. The molecule has 2 aromatic rings. The Hall–Kier alpha value is -2.29. The third kappa shape index (κ3) is 3.99. The summed E-state index contributed by atoms with van der Waals surface area (Å²) < 4.78 is 33.9. The molecule has 1 aromatic heterocycles. The van der Waals surface area contributed by atoms with Crippen LogP contribution in [0, 0.1) is 12.8 Å². The molecule has 4 rings (SSSR count). The summed E-state index contributed by atoms with van der Waals surface area (Å²) in [6.45, 7) is 4.71. The number of aryl methyl sites for hydroxylation is 1. The number of carbonyl (C=O) groups is 1. The second kappa shape index (κ2) is 8.09. The number of ether oxygens (including phenoxy) is 1. The molecule has 7 nitrogen and oxygen atoms in total. The standard InChI is InChI=1S/C22H27N3O4S/c1-16-5-7-19(8-6-16)30(27,28)25-13-11-22(17(2)15-25)10-9-20(29-22)21(26)24-18-4-3-12-23-14-18/h3-8,12,14,17,20H,9-11,13,15H2,1-2H3,(H,24,26)/t17-,20+,22-/m1/s1. The third-order valence-electron chi connectivity index (χ3n) is 6.25. The van der Waals surface area contributed by atoms with Crippen molar-refractivity contribution in [1.29, 1.82) is 0 Å². The molecule has 160 valence electrons. The van der Waals surface area contributed by atoms with Gasteiger partial charge in [-0.3, -0.25) is 9.78 Å². The highest BCUT2D eigenvalue weighted by Crippen LogP contribution is 2.43. The molecule has 0 radical (unpaired) electrons. The van der Waals surface area contributed by atoms with E-state index in [2.05, 4.69) is 10.3 Å². The second-order valence-electron chi connectivity index (χ2n) is 8.27. The van der Waals surface area contributed by atoms with Gasteiger partial charge >= 0.3 is 0 Å². The summed E-state index contributed by atoms with van der Waals surface area (Å²) in [5, 5.41) is 2.85. The molecule has 2 saturated heterocycles. The first-order valence-corrected chi connectivity index (χ1v) is 11.7. The Morgan fingerprint density at radius 1 is 1.23 bits per heavy atom. The molecule has 0 saturated carbocycles. The van der Waals surface area contributed by atoms with E-state index in [0.717, 1.165) is 12.0 Å². The van der Waals surface area contributed by atoms with Crippen molar-refractivity contribution in [3.05, 3.63) is 54.4 Å². The Kier molecular flexibility index (Phi) is 5.65. The minimum absolute atomic E-state index is 0.0114. The fourth-order valence-electron chi connectivity index (χ4n) is 4.37. The third-order valence-corrected chi connectivity index (χ3v) is 8.13. The van der Waals surface area contributed by atoms with E-state index in [1.807, 2.05) is 26.0 Å². The zero-order valence-electron chi connectivity index (χ0n) is 17.2. The summed E-state index contributed by atoms with van der Waals surface area (Å²) in [6, 6.07) is 10.5. The molecule has 2 fully saturated rings. The summed E-state index contributed by atoms with van der Waals surface area (Å²) in [5.74, 6) is -0.190. The Labute approximate surface area is 177 Å². The van der Waals surface area contributed by atoms with Gasteiger partial charge in [0.25, 0.3) is 5.91 Å². The van der Waals surface area contributed by atoms with Gasteiger partial charge in [-0.1, -0.05) is 24.6 Å². The molecule has 30 heavy (non-hydrogen) atoms. The number of piperidine rings is 1. The predicted molar refractivity (Wildman–Crippen MR) is 113 cm³/mol. The van der Waals surface area contributed by atoms with Crippen LogP contribution in [-0.2, 0) is 19.6 Å². The average molecular weight is 430 g/mol. The quantitative estimate of drug-likeness (QED) is 0.807. The number of carbonyl (C=O) groups excluding carboxylic acids is 1. The molecule has 3 heterocycles. The Morgan fingerprint density at radius 2 is 2.00 bits per heavy atom. The number of rotatable bonds is 4. The van der Waals surface area contributed by atoms with Crippen molar-refractivity contribution in [2.45, 2.75) is 49.7 Å². The maximum Gasteiger partial charge on any atom is 0.253 e. The lowest BCUT2D eigenvalue weighted by Crippen LogP contribution is -2.52. The molecule has 0 bridgehead atoms. The first kappa shape index (κ1) is 21.0. The van der Waals surface area contributed by atoms with Crippen molar-refractivity contribution in [3.8, 4) is 0 Å². The molecular weight excluding hydrogens is 402 g/mol. The van der Waals surface area contributed by atoms with Gasteiger partial charge in [0.2, 0.25) is 10.0 Å². The summed E-state index contributed by atoms with van der Waals surface area (Å²) >= 11 is 0. The highest BCUT2D eigenvalue weighted by molar-refractivity contribution is 7.89. The van der Waals surface area contributed by atoms with Gasteiger partial charge in [0.05, 0.1) is 22.4 Å².